The van der Waals surface area contributed by atoms with Gasteiger partial charge in [0.1, 0.15) is 18.0 Å². The number of hydrogen-bond donors (Lipinski definition) is 2. The van der Waals surface area contributed by atoms with Crippen LogP contribution in [0.25, 0.3) is 6.08 Å². The molecule has 0 atom stereocenters. The van der Waals surface area contributed by atoms with E-state index < -0.39 is 0 Å². The molecule has 0 spiro atoms. The van der Waals surface area contributed by atoms with E-state index in [0.29, 0.717) is 22.3 Å². The Kier molecular flexibility index (Phi) is 9.30. The summed E-state index contributed by atoms with van der Waals surface area (Å²) in [5.74, 6) is 0.361. The lowest BCUT2D eigenvalue weighted by molar-refractivity contribution is -0.159. The van der Waals surface area contributed by atoms with Gasteiger partial charge in [-0.05, 0) is 42.0 Å². The van der Waals surface area contributed by atoms with Gasteiger partial charge in [-0.15, -0.1) is 4.33 Å². The monoisotopic (exact) mass is 428 g/mol. The van der Waals surface area contributed by atoms with E-state index in [1.807, 2.05) is 18.2 Å². The van der Waals surface area contributed by atoms with Crippen LogP contribution in [0.15, 0.2) is 48.5 Å². The lowest BCUT2D eigenvalue weighted by Gasteiger charge is -2.07. The average molecular weight is 429 g/mol. The van der Waals surface area contributed by atoms with Gasteiger partial charge >= 0.3 is 0 Å². The predicted octanol–water partition coefficient (Wildman–Crippen LogP) is 4.75. The zero-order chi connectivity index (χ0) is 19.5. The molecule has 6 nitrogen and oxygen atoms in total. The van der Waals surface area contributed by atoms with Crippen LogP contribution in [-0.4, -0.2) is 26.2 Å². The molecule has 0 saturated carbocycles. The molecule has 0 heterocycles. The number of amides is 1. The molecule has 2 aromatic carbocycles. The highest BCUT2D eigenvalue weighted by Crippen LogP contribution is 2.23. The first-order valence-electron chi connectivity index (χ1n) is 7.82. The number of carbonyl (C=O) groups excluding carboxylic acids is 1. The number of rotatable bonds is 10. The molecule has 0 aliphatic rings. The van der Waals surface area contributed by atoms with Gasteiger partial charge in [0.15, 0.2) is 6.61 Å². The molecule has 0 bridgehead atoms. The van der Waals surface area contributed by atoms with Crippen molar-refractivity contribution in [1.82, 2.24) is 5.32 Å². The normalized spacial score (nSPS) is 10.8. The molecular weight excluding hydrogens is 411 g/mol. The maximum absolute atomic E-state index is 11.8. The van der Waals surface area contributed by atoms with Crippen LogP contribution in [0.5, 0.6) is 5.75 Å². The van der Waals surface area contributed by atoms with Crippen LogP contribution < -0.4 is 14.8 Å². The molecule has 144 valence electrons. The fourth-order valence-corrected chi connectivity index (χ4v) is 2.54. The van der Waals surface area contributed by atoms with Crippen molar-refractivity contribution in [3.63, 3.8) is 0 Å². The highest BCUT2D eigenvalue weighted by atomic mass is 35.5. The Morgan fingerprint density at radius 1 is 1.15 bits per heavy atom. The van der Waals surface area contributed by atoms with E-state index in [9.17, 15) is 4.79 Å². The SMILES string of the molecule is COOSNc1ccc(OCC(=O)NCC=Cc2ccc(Cl)c(Cl)c2)cc1. The first kappa shape index (κ1) is 21.4. The molecule has 9 heteroatoms. The second kappa shape index (κ2) is 11.7. The van der Waals surface area contributed by atoms with E-state index in [1.165, 1.54) is 7.11 Å². The summed E-state index contributed by atoms with van der Waals surface area (Å²) in [4.78, 5) is 16.3. The predicted molar refractivity (Wildman–Crippen MR) is 110 cm³/mol. The van der Waals surface area contributed by atoms with Crippen molar-refractivity contribution in [3.05, 3.63) is 64.1 Å². The third kappa shape index (κ3) is 8.11. The van der Waals surface area contributed by atoms with E-state index in [0.717, 1.165) is 23.5 Å². The van der Waals surface area contributed by atoms with E-state index >= 15 is 0 Å². The molecule has 0 aliphatic carbocycles. The van der Waals surface area contributed by atoms with E-state index in [1.54, 1.807) is 36.4 Å². The summed E-state index contributed by atoms with van der Waals surface area (Å²) in [6.07, 6.45) is 3.66. The molecular formula is C18H18Cl2N2O4S. The van der Waals surface area contributed by atoms with Crippen LogP contribution >= 0.6 is 35.4 Å². The number of benzene rings is 2. The molecule has 0 aromatic heterocycles. The van der Waals surface area contributed by atoms with E-state index in [-0.39, 0.29) is 12.5 Å². The summed E-state index contributed by atoms with van der Waals surface area (Å²) < 4.78 is 13.0. The Balaban J connectivity index is 1.68. The number of halogens is 2. The number of ether oxygens (including phenoxy) is 1. The van der Waals surface area contributed by atoms with Crippen molar-refractivity contribution in [2.24, 2.45) is 0 Å². The number of hydrogen-bond acceptors (Lipinski definition) is 6. The van der Waals surface area contributed by atoms with Crippen LogP contribution in [0.1, 0.15) is 5.56 Å². The minimum Gasteiger partial charge on any atom is -0.484 e. The Morgan fingerprint density at radius 3 is 2.63 bits per heavy atom. The van der Waals surface area contributed by atoms with Crippen LogP contribution in [-0.2, 0) is 14.0 Å². The maximum Gasteiger partial charge on any atom is 0.258 e. The van der Waals surface area contributed by atoms with Gasteiger partial charge in [0.25, 0.3) is 5.91 Å². The van der Waals surface area contributed by atoms with Gasteiger partial charge in [0.2, 0.25) is 0 Å². The highest BCUT2D eigenvalue weighted by molar-refractivity contribution is 7.95. The Morgan fingerprint density at radius 2 is 1.93 bits per heavy atom. The van der Waals surface area contributed by atoms with Gasteiger partial charge in [-0.1, -0.05) is 41.4 Å². The summed E-state index contributed by atoms with van der Waals surface area (Å²) in [6.45, 7) is 0.303. The zero-order valence-electron chi connectivity index (χ0n) is 14.4. The molecule has 0 aliphatic heterocycles. The molecule has 0 saturated heterocycles. The van der Waals surface area contributed by atoms with Gasteiger partial charge in [-0.3, -0.25) is 4.79 Å². The molecule has 0 radical (unpaired) electrons. The second-order valence-electron chi connectivity index (χ2n) is 5.11. The Bertz CT molecular complexity index is 772. The van der Waals surface area contributed by atoms with Crippen molar-refractivity contribution < 1.29 is 18.8 Å². The first-order valence-corrected chi connectivity index (χ1v) is 9.31. The third-order valence-corrected chi connectivity index (χ3v) is 4.42. The maximum atomic E-state index is 11.8. The Labute approximate surface area is 172 Å². The Hall–Kier alpha value is -1.90. The fourth-order valence-electron chi connectivity index (χ4n) is 1.90. The van der Waals surface area contributed by atoms with Gasteiger partial charge in [0.05, 0.1) is 17.2 Å². The molecule has 1 amide bonds. The summed E-state index contributed by atoms with van der Waals surface area (Å²) in [5, 5.41) is 3.73. The minimum atomic E-state index is -0.222. The lowest BCUT2D eigenvalue weighted by atomic mass is 10.2. The van der Waals surface area contributed by atoms with Crippen LogP contribution in [0.2, 0.25) is 10.0 Å². The number of carbonyl (C=O) groups is 1. The molecule has 2 aromatic rings. The van der Waals surface area contributed by atoms with E-state index in [2.05, 4.69) is 19.3 Å². The number of anilines is 1. The van der Waals surface area contributed by atoms with Crippen LogP contribution in [0.4, 0.5) is 5.69 Å². The molecule has 2 N–H and O–H groups in total. The van der Waals surface area contributed by atoms with Crippen molar-refractivity contribution in [2.75, 3.05) is 25.0 Å². The van der Waals surface area contributed by atoms with Gasteiger partial charge < -0.3 is 14.8 Å². The largest absolute Gasteiger partial charge is 0.484 e. The molecule has 0 fully saturated rings. The third-order valence-electron chi connectivity index (χ3n) is 3.16. The van der Waals surface area contributed by atoms with Gasteiger partial charge in [0, 0.05) is 12.2 Å². The smallest absolute Gasteiger partial charge is 0.258 e. The first-order chi connectivity index (χ1) is 13.1. The van der Waals surface area contributed by atoms with Crippen molar-refractivity contribution in [1.29, 1.82) is 0 Å². The summed E-state index contributed by atoms with van der Waals surface area (Å²) in [6, 6.07) is 12.4. The van der Waals surface area contributed by atoms with Crippen LogP contribution in [0, 0.1) is 0 Å². The van der Waals surface area contributed by atoms with Crippen molar-refractivity contribution >= 4 is 53.1 Å². The van der Waals surface area contributed by atoms with Gasteiger partial charge in [-0.25, -0.2) is 4.89 Å². The second-order valence-corrected chi connectivity index (χ2v) is 6.43. The molecule has 27 heavy (non-hydrogen) atoms. The van der Waals surface area contributed by atoms with Gasteiger partial charge in [-0.2, -0.15) is 0 Å². The molecule has 2 rings (SSSR count). The standard InChI is InChI=1S/C18H18Cl2N2O4S/c1-24-26-27-22-14-5-7-15(8-6-14)25-12-18(23)21-10-2-3-13-4-9-16(19)17(20)11-13/h2-9,11,22H,10,12H2,1H3,(H,21,23). The summed E-state index contributed by atoms with van der Waals surface area (Å²) in [7, 11) is 1.42. The average Bonchev–Trinajstić information content (AvgIpc) is 2.67. The van der Waals surface area contributed by atoms with E-state index in [4.69, 9.17) is 27.9 Å². The quantitative estimate of drug-likeness (QED) is 0.187. The minimum absolute atomic E-state index is 0.0745. The topological polar surface area (TPSA) is 68.8 Å². The van der Waals surface area contributed by atoms with Crippen molar-refractivity contribution in [2.45, 2.75) is 0 Å². The zero-order valence-corrected chi connectivity index (χ0v) is 16.7. The lowest BCUT2D eigenvalue weighted by Crippen LogP contribution is -2.28. The summed E-state index contributed by atoms with van der Waals surface area (Å²) in [5.41, 5.74) is 1.71. The van der Waals surface area contributed by atoms with Crippen LogP contribution in [0.3, 0.4) is 0 Å². The number of nitrogens with one attached hydrogen (secondary N) is 2. The summed E-state index contributed by atoms with van der Waals surface area (Å²) >= 11 is 12.8. The fraction of sp³-hybridized carbons (Fsp3) is 0.167. The molecule has 0 unspecified atom stereocenters. The van der Waals surface area contributed by atoms with Crippen molar-refractivity contribution in [3.8, 4) is 5.75 Å². The highest BCUT2D eigenvalue weighted by Gasteiger charge is 2.02.